The van der Waals surface area contributed by atoms with Crippen LogP contribution >= 0.6 is 11.3 Å². The third kappa shape index (κ3) is 2.77. The van der Waals surface area contributed by atoms with Gasteiger partial charge in [-0.2, -0.15) is 0 Å². The Balaban J connectivity index is 1.78. The summed E-state index contributed by atoms with van der Waals surface area (Å²) in [6, 6.07) is 9.85. The summed E-state index contributed by atoms with van der Waals surface area (Å²) in [5.41, 5.74) is 6.37. The fourth-order valence-corrected chi connectivity index (χ4v) is 2.68. The number of rotatable bonds is 2. The van der Waals surface area contributed by atoms with E-state index in [1.54, 1.807) is 5.38 Å². The first-order chi connectivity index (χ1) is 10.7. The van der Waals surface area contributed by atoms with E-state index in [1.165, 1.54) is 18.4 Å². The van der Waals surface area contributed by atoms with Crippen LogP contribution in [0, 0.1) is 0 Å². The molecule has 112 valence electrons. The number of aromatic nitrogens is 2. The van der Waals surface area contributed by atoms with E-state index in [2.05, 4.69) is 25.6 Å². The molecule has 0 saturated heterocycles. The average molecular weight is 316 g/mol. The first-order valence-corrected chi connectivity index (χ1v) is 7.23. The van der Waals surface area contributed by atoms with Crippen LogP contribution in [0.1, 0.15) is 10.5 Å². The number of ether oxygens (including phenoxy) is 1. The Labute approximate surface area is 129 Å². The van der Waals surface area contributed by atoms with E-state index in [4.69, 9.17) is 0 Å². The SMILES string of the molecule is COC(=O)NNC(=O)c1csc(-c2cc3ccccc3[nH]2)n1. The fourth-order valence-electron chi connectivity index (χ4n) is 1.91. The van der Waals surface area contributed by atoms with E-state index >= 15 is 0 Å². The van der Waals surface area contributed by atoms with Crippen molar-refractivity contribution >= 4 is 34.2 Å². The van der Waals surface area contributed by atoms with Gasteiger partial charge in [-0.05, 0) is 12.1 Å². The summed E-state index contributed by atoms with van der Waals surface area (Å²) < 4.78 is 4.36. The number of thiazole rings is 1. The first-order valence-electron chi connectivity index (χ1n) is 6.35. The molecule has 0 aliphatic carbocycles. The van der Waals surface area contributed by atoms with E-state index in [0.29, 0.717) is 5.01 Å². The van der Waals surface area contributed by atoms with E-state index in [-0.39, 0.29) is 5.69 Å². The molecule has 0 spiro atoms. The highest BCUT2D eigenvalue weighted by atomic mass is 32.1. The molecule has 3 aromatic rings. The van der Waals surface area contributed by atoms with Gasteiger partial charge in [0.15, 0.2) is 0 Å². The molecule has 0 aliphatic heterocycles. The molecule has 1 aromatic carbocycles. The van der Waals surface area contributed by atoms with Crippen LogP contribution in [0.5, 0.6) is 0 Å². The van der Waals surface area contributed by atoms with Crippen LogP contribution < -0.4 is 10.9 Å². The number of amides is 2. The second-order valence-corrected chi connectivity index (χ2v) is 5.24. The van der Waals surface area contributed by atoms with E-state index in [0.717, 1.165) is 16.6 Å². The molecule has 0 saturated carbocycles. The summed E-state index contributed by atoms with van der Waals surface area (Å²) in [4.78, 5) is 30.2. The largest absolute Gasteiger partial charge is 0.452 e. The molecule has 0 atom stereocenters. The van der Waals surface area contributed by atoms with Crippen molar-refractivity contribution in [2.75, 3.05) is 7.11 Å². The summed E-state index contributed by atoms with van der Waals surface area (Å²) in [6.07, 6.45) is -0.751. The van der Waals surface area contributed by atoms with Crippen molar-refractivity contribution in [1.29, 1.82) is 0 Å². The lowest BCUT2D eigenvalue weighted by Crippen LogP contribution is -2.41. The Bertz CT molecular complexity index is 806. The van der Waals surface area contributed by atoms with Crippen LogP contribution in [0.15, 0.2) is 35.7 Å². The van der Waals surface area contributed by atoms with Crippen molar-refractivity contribution in [3.05, 3.63) is 41.4 Å². The number of carbonyl (C=O) groups is 2. The van der Waals surface area contributed by atoms with E-state index in [9.17, 15) is 9.59 Å². The van der Waals surface area contributed by atoms with Gasteiger partial charge in [0.05, 0.1) is 12.8 Å². The monoisotopic (exact) mass is 316 g/mol. The van der Waals surface area contributed by atoms with E-state index < -0.39 is 12.0 Å². The lowest BCUT2D eigenvalue weighted by molar-refractivity contribution is 0.0916. The molecule has 2 aromatic heterocycles. The van der Waals surface area contributed by atoms with Crippen molar-refractivity contribution < 1.29 is 14.3 Å². The maximum atomic E-state index is 11.8. The number of nitrogens with zero attached hydrogens (tertiary/aromatic N) is 1. The lowest BCUT2D eigenvalue weighted by atomic mass is 10.2. The molecule has 0 bridgehead atoms. The zero-order valence-electron chi connectivity index (χ0n) is 11.5. The number of benzene rings is 1. The van der Waals surface area contributed by atoms with Gasteiger partial charge in [-0.15, -0.1) is 11.3 Å². The van der Waals surface area contributed by atoms with Crippen LogP contribution in [-0.4, -0.2) is 29.1 Å². The summed E-state index contributed by atoms with van der Waals surface area (Å²) in [5.74, 6) is -0.510. The number of H-pyrrole nitrogens is 1. The van der Waals surface area contributed by atoms with Crippen LogP contribution in [0.3, 0.4) is 0 Å². The Kier molecular flexibility index (Phi) is 3.75. The smallest absolute Gasteiger partial charge is 0.425 e. The molecule has 0 fully saturated rings. The normalized spacial score (nSPS) is 10.4. The molecular formula is C14H12N4O3S. The highest BCUT2D eigenvalue weighted by molar-refractivity contribution is 7.13. The molecule has 0 radical (unpaired) electrons. The predicted octanol–water partition coefficient (Wildman–Crippen LogP) is 2.29. The molecule has 3 N–H and O–H groups in total. The second kappa shape index (κ2) is 5.86. The second-order valence-electron chi connectivity index (χ2n) is 4.38. The number of methoxy groups -OCH3 is 1. The van der Waals surface area contributed by atoms with Crippen LogP contribution in [0.2, 0.25) is 0 Å². The number of nitrogens with one attached hydrogen (secondary N) is 3. The number of carbonyl (C=O) groups excluding carboxylic acids is 2. The van der Waals surface area contributed by atoms with Crippen molar-refractivity contribution in [3.63, 3.8) is 0 Å². The van der Waals surface area contributed by atoms with Crippen molar-refractivity contribution in [1.82, 2.24) is 20.8 Å². The van der Waals surface area contributed by atoms with Gasteiger partial charge in [0, 0.05) is 16.3 Å². The fraction of sp³-hybridized carbons (Fsp3) is 0.0714. The third-order valence-corrected chi connectivity index (χ3v) is 3.84. The topological polar surface area (TPSA) is 96.1 Å². The Hall–Kier alpha value is -2.87. The van der Waals surface area contributed by atoms with Crippen molar-refractivity contribution in [2.24, 2.45) is 0 Å². The van der Waals surface area contributed by atoms with Gasteiger partial charge in [-0.1, -0.05) is 18.2 Å². The lowest BCUT2D eigenvalue weighted by Gasteiger charge is -2.03. The minimum absolute atomic E-state index is 0.218. The standard InChI is InChI=1S/C14H12N4O3S/c1-21-14(20)18-17-12(19)11-7-22-13(16-11)10-6-8-4-2-3-5-9(8)15-10/h2-7,15H,1H3,(H,17,19)(H,18,20). The van der Waals surface area contributed by atoms with Crippen LogP contribution in [0.25, 0.3) is 21.6 Å². The van der Waals surface area contributed by atoms with Crippen LogP contribution in [0.4, 0.5) is 4.79 Å². The quantitative estimate of drug-likeness (QED) is 0.632. The van der Waals surface area contributed by atoms with Gasteiger partial charge < -0.3 is 9.72 Å². The van der Waals surface area contributed by atoms with Crippen molar-refractivity contribution in [3.8, 4) is 10.7 Å². The zero-order chi connectivity index (χ0) is 15.5. The molecule has 3 rings (SSSR count). The first kappa shape index (κ1) is 14.1. The number of hydrogen-bond acceptors (Lipinski definition) is 5. The van der Waals surface area contributed by atoms with Gasteiger partial charge in [-0.25, -0.2) is 15.2 Å². The van der Waals surface area contributed by atoms with Gasteiger partial charge in [0.1, 0.15) is 10.7 Å². The summed E-state index contributed by atoms with van der Waals surface area (Å²) in [5, 5.41) is 3.39. The maximum absolute atomic E-state index is 11.8. The number of fused-ring (bicyclic) bond motifs is 1. The number of para-hydroxylation sites is 1. The minimum Gasteiger partial charge on any atom is -0.452 e. The Morgan fingerprint density at radius 3 is 2.86 bits per heavy atom. The summed E-state index contributed by atoms with van der Waals surface area (Å²) in [7, 11) is 1.21. The molecule has 2 amide bonds. The summed E-state index contributed by atoms with van der Waals surface area (Å²) in [6.45, 7) is 0. The molecule has 7 nitrogen and oxygen atoms in total. The van der Waals surface area contributed by atoms with Crippen molar-refractivity contribution in [2.45, 2.75) is 0 Å². The maximum Gasteiger partial charge on any atom is 0.425 e. The molecule has 8 heteroatoms. The third-order valence-electron chi connectivity index (χ3n) is 2.96. The highest BCUT2D eigenvalue weighted by Gasteiger charge is 2.13. The molecule has 0 aliphatic rings. The van der Waals surface area contributed by atoms with Gasteiger partial charge >= 0.3 is 6.09 Å². The number of hydrazine groups is 1. The molecular weight excluding hydrogens is 304 g/mol. The van der Waals surface area contributed by atoms with E-state index in [1.807, 2.05) is 30.3 Å². The van der Waals surface area contributed by atoms with Gasteiger partial charge in [0.2, 0.25) is 0 Å². The molecule has 22 heavy (non-hydrogen) atoms. The van der Waals surface area contributed by atoms with Gasteiger partial charge in [-0.3, -0.25) is 10.2 Å². The molecule has 0 unspecified atom stereocenters. The summed E-state index contributed by atoms with van der Waals surface area (Å²) >= 11 is 1.34. The average Bonchev–Trinajstić information content (AvgIpc) is 3.18. The minimum atomic E-state index is -0.751. The highest BCUT2D eigenvalue weighted by Crippen LogP contribution is 2.26. The van der Waals surface area contributed by atoms with Gasteiger partial charge in [0.25, 0.3) is 5.91 Å². The predicted molar refractivity (Wildman–Crippen MR) is 82.4 cm³/mol. The Morgan fingerprint density at radius 2 is 2.09 bits per heavy atom. The molecule has 2 heterocycles. The van der Waals surface area contributed by atoms with Crippen LogP contribution in [-0.2, 0) is 4.74 Å². The zero-order valence-corrected chi connectivity index (χ0v) is 12.4. The Morgan fingerprint density at radius 1 is 1.27 bits per heavy atom. The number of hydrogen-bond donors (Lipinski definition) is 3. The number of aromatic amines is 1.